The second-order valence-corrected chi connectivity index (χ2v) is 8.98. The second kappa shape index (κ2) is 8.41. The average Bonchev–Trinajstić information content (AvgIpc) is 3.44. The van der Waals surface area contributed by atoms with Crippen LogP contribution in [0.15, 0.2) is 66.9 Å². The Bertz CT molecular complexity index is 1610. The molecule has 0 saturated heterocycles. The molecule has 0 saturated carbocycles. The molecule has 2 aliphatic rings. The number of carbonyl (C=O) groups is 3. The molecule has 37 heavy (non-hydrogen) atoms. The number of fused-ring (bicyclic) bond motifs is 6. The Morgan fingerprint density at radius 2 is 1.76 bits per heavy atom. The Labute approximate surface area is 212 Å². The first-order valence-electron chi connectivity index (χ1n) is 11.8. The quantitative estimate of drug-likeness (QED) is 0.452. The molecule has 3 amide bonds. The Hall–Kier alpha value is -4.79. The van der Waals surface area contributed by atoms with Crippen LogP contribution < -0.4 is 19.7 Å². The molecule has 186 valence electrons. The minimum Gasteiger partial charge on any atom is -0.493 e. The van der Waals surface area contributed by atoms with E-state index in [1.54, 1.807) is 41.3 Å². The van der Waals surface area contributed by atoms with Crippen LogP contribution in [0.25, 0.3) is 10.9 Å². The fraction of sp³-hybridized carbons (Fsp3) is 0.179. The van der Waals surface area contributed by atoms with Crippen LogP contribution in [-0.2, 0) is 11.8 Å². The van der Waals surface area contributed by atoms with Crippen molar-refractivity contribution in [1.29, 1.82) is 0 Å². The third-order valence-electron chi connectivity index (χ3n) is 7.00. The highest BCUT2D eigenvalue weighted by atomic mass is 16.5. The number of carbonyl (C=O) groups excluding carboxylic acids is 3. The molecule has 0 aliphatic carbocycles. The van der Waals surface area contributed by atoms with Gasteiger partial charge in [-0.15, -0.1) is 0 Å². The molecule has 9 heteroatoms. The summed E-state index contributed by atoms with van der Waals surface area (Å²) in [6.07, 6.45) is 1.12. The van der Waals surface area contributed by atoms with Gasteiger partial charge in [-0.05, 0) is 36.4 Å². The summed E-state index contributed by atoms with van der Waals surface area (Å²) < 4.78 is 12.9. The van der Waals surface area contributed by atoms with Gasteiger partial charge in [0.05, 0.1) is 36.7 Å². The second-order valence-electron chi connectivity index (χ2n) is 8.98. The monoisotopic (exact) mass is 496 g/mol. The molecule has 0 fully saturated rings. The summed E-state index contributed by atoms with van der Waals surface area (Å²) in [7, 11) is 4.90. The van der Waals surface area contributed by atoms with Gasteiger partial charge >= 0.3 is 0 Å². The SMILES string of the molecule is COc1ccc2c(c1OC)C(=O)N1c3ccccc3C(=O)N(CC(=O)Nc3cccc4c3ccn4C)[C@@H]21. The van der Waals surface area contributed by atoms with Crippen LogP contribution in [0.1, 0.15) is 32.4 Å². The maximum absolute atomic E-state index is 13.8. The van der Waals surface area contributed by atoms with E-state index in [0.717, 1.165) is 10.9 Å². The van der Waals surface area contributed by atoms with Crippen LogP contribution in [-0.4, -0.2) is 48.0 Å². The van der Waals surface area contributed by atoms with Gasteiger partial charge in [-0.1, -0.05) is 24.3 Å². The number of hydrogen-bond donors (Lipinski definition) is 1. The maximum atomic E-state index is 13.8. The molecular weight excluding hydrogens is 472 g/mol. The van der Waals surface area contributed by atoms with Gasteiger partial charge in [0, 0.05) is 29.7 Å². The smallest absolute Gasteiger partial charge is 0.264 e. The lowest BCUT2D eigenvalue weighted by atomic mass is 10.0. The molecule has 1 atom stereocenters. The Morgan fingerprint density at radius 1 is 0.946 bits per heavy atom. The highest BCUT2D eigenvalue weighted by Crippen LogP contribution is 2.49. The van der Waals surface area contributed by atoms with E-state index >= 15 is 0 Å². The number of nitrogens with zero attached hydrogens (tertiary/aromatic N) is 3. The number of nitrogens with one attached hydrogen (secondary N) is 1. The molecule has 9 nitrogen and oxygen atoms in total. The van der Waals surface area contributed by atoms with E-state index in [1.165, 1.54) is 19.1 Å². The number of amides is 3. The zero-order chi connectivity index (χ0) is 25.8. The summed E-state index contributed by atoms with van der Waals surface area (Å²) in [6.45, 7) is -0.251. The number of hydrogen-bond acceptors (Lipinski definition) is 5. The largest absolute Gasteiger partial charge is 0.493 e. The maximum Gasteiger partial charge on any atom is 0.264 e. The van der Waals surface area contributed by atoms with Crippen LogP contribution >= 0.6 is 0 Å². The summed E-state index contributed by atoms with van der Waals surface area (Å²) in [6, 6.07) is 18.0. The van der Waals surface area contributed by atoms with Crippen LogP contribution in [0, 0.1) is 0 Å². The van der Waals surface area contributed by atoms with Gasteiger partial charge in [0.2, 0.25) is 5.91 Å². The minimum absolute atomic E-state index is 0.251. The molecule has 0 bridgehead atoms. The van der Waals surface area contributed by atoms with Crippen molar-refractivity contribution in [2.24, 2.45) is 7.05 Å². The Kier molecular flexibility index (Phi) is 5.15. The molecule has 2 aliphatic heterocycles. The Morgan fingerprint density at radius 3 is 2.54 bits per heavy atom. The molecule has 0 radical (unpaired) electrons. The van der Waals surface area contributed by atoms with Gasteiger partial charge in [0.25, 0.3) is 11.8 Å². The number of aryl methyl sites for hydroxylation is 1. The summed E-state index contributed by atoms with van der Waals surface area (Å²) in [5.41, 5.74) is 3.36. The highest BCUT2D eigenvalue weighted by Gasteiger charge is 2.50. The molecule has 0 unspecified atom stereocenters. The first-order chi connectivity index (χ1) is 17.9. The van der Waals surface area contributed by atoms with Crippen molar-refractivity contribution in [3.63, 3.8) is 0 Å². The van der Waals surface area contributed by atoms with E-state index in [9.17, 15) is 14.4 Å². The van der Waals surface area contributed by atoms with Crippen molar-refractivity contribution in [3.8, 4) is 11.5 Å². The molecule has 1 aromatic heterocycles. The van der Waals surface area contributed by atoms with Crippen LogP contribution in [0.5, 0.6) is 11.5 Å². The van der Waals surface area contributed by atoms with E-state index < -0.39 is 6.17 Å². The van der Waals surface area contributed by atoms with Crippen LogP contribution in [0.3, 0.4) is 0 Å². The van der Waals surface area contributed by atoms with Gasteiger partial charge in [0.15, 0.2) is 11.5 Å². The fourth-order valence-corrected chi connectivity index (χ4v) is 5.34. The summed E-state index contributed by atoms with van der Waals surface area (Å²) in [4.78, 5) is 43.8. The number of para-hydroxylation sites is 1. The third-order valence-corrected chi connectivity index (χ3v) is 7.00. The van der Waals surface area contributed by atoms with E-state index in [-0.39, 0.29) is 24.3 Å². The predicted molar refractivity (Wildman–Crippen MR) is 138 cm³/mol. The third kappa shape index (κ3) is 3.27. The highest BCUT2D eigenvalue weighted by molar-refractivity contribution is 6.18. The fourth-order valence-electron chi connectivity index (χ4n) is 5.34. The van der Waals surface area contributed by atoms with Gasteiger partial charge in [0.1, 0.15) is 12.7 Å². The number of anilines is 2. The molecule has 4 aromatic rings. The van der Waals surface area contributed by atoms with Crippen molar-refractivity contribution in [2.75, 3.05) is 31.0 Å². The van der Waals surface area contributed by atoms with Gasteiger partial charge in [-0.25, -0.2) is 0 Å². The number of benzene rings is 3. The standard InChI is InChI=1S/C28H24N4O5/c1-30-14-13-16-19(8-6-10-20(16)30)29-23(33)15-31-26-18-11-12-22(36-2)25(37-3)24(18)28(35)32(26)21-9-5-4-7-17(21)27(31)34/h4-14,26H,15H2,1-3H3,(H,29,33)/t26-/m1/s1. The van der Waals surface area contributed by atoms with Gasteiger partial charge in [-0.2, -0.15) is 0 Å². The summed E-state index contributed by atoms with van der Waals surface area (Å²) in [5.74, 6) is -0.320. The first-order valence-corrected chi connectivity index (χ1v) is 11.8. The van der Waals surface area contributed by atoms with Crippen molar-refractivity contribution in [2.45, 2.75) is 6.17 Å². The lowest BCUT2D eigenvalue weighted by molar-refractivity contribution is -0.117. The zero-order valence-electron chi connectivity index (χ0n) is 20.5. The van der Waals surface area contributed by atoms with E-state index in [0.29, 0.717) is 39.6 Å². The lowest BCUT2D eigenvalue weighted by Gasteiger charge is -2.40. The molecule has 1 N–H and O–H groups in total. The number of ether oxygens (including phenoxy) is 2. The molecule has 0 spiro atoms. The molecule has 3 aromatic carbocycles. The lowest BCUT2D eigenvalue weighted by Crippen LogP contribution is -2.50. The van der Waals surface area contributed by atoms with Crippen LogP contribution in [0.4, 0.5) is 11.4 Å². The van der Waals surface area contributed by atoms with Crippen molar-refractivity contribution in [1.82, 2.24) is 9.47 Å². The molecule has 3 heterocycles. The molecular formula is C28H24N4O5. The van der Waals surface area contributed by atoms with Crippen molar-refractivity contribution in [3.05, 3.63) is 83.6 Å². The molecule has 6 rings (SSSR count). The van der Waals surface area contributed by atoms with Crippen LogP contribution in [0.2, 0.25) is 0 Å². The normalized spacial score (nSPS) is 15.9. The van der Waals surface area contributed by atoms with E-state index in [2.05, 4.69) is 5.32 Å². The van der Waals surface area contributed by atoms with E-state index in [4.69, 9.17) is 9.47 Å². The van der Waals surface area contributed by atoms with E-state index in [1.807, 2.05) is 42.1 Å². The topological polar surface area (TPSA) is 93.1 Å². The van der Waals surface area contributed by atoms with Crippen molar-refractivity contribution < 1.29 is 23.9 Å². The number of rotatable bonds is 5. The Balaban J connectivity index is 1.42. The predicted octanol–water partition coefficient (Wildman–Crippen LogP) is 3.95. The van der Waals surface area contributed by atoms with Gasteiger partial charge in [-0.3, -0.25) is 19.3 Å². The number of methoxy groups -OCH3 is 2. The number of aromatic nitrogens is 1. The average molecular weight is 497 g/mol. The summed E-state index contributed by atoms with van der Waals surface area (Å²) >= 11 is 0. The zero-order valence-corrected chi connectivity index (χ0v) is 20.5. The van der Waals surface area contributed by atoms with Crippen molar-refractivity contribution >= 4 is 40.0 Å². The summed E-state index contributed by atoms with van der Waals surface area (Å²) in [5, 5.41) is 3.85. The van der Waals surface area contributed by atoms with Gasteiger partial charge < -0.3 is 24.3 Å². The first kappa shape index (κ1) is 22.7. The minimum atomic E-state index is -0.803.